The average Bonchev–Trinajstić information content (AvgIpc) is 2.64. The predicted octanol–water partition coefficient (Wildman–Crippen LogP) is 5.11. The highest BCUT2D eigenvalue weighted by molar-refractivity contribution is 5.73. The van der Waals surface area contributed by atoms with Crippen LogP contribution in [0.15, 0.2) is 0 Å². The minimum absolute atomic E-state index is 0.312. The Kier molecular flexibility index (Phi) is 20.9. The lowest BCUT2D eigenvalue weighted by Gasteiger charge is -2.19. The fourth-order valence-corrected chi connectivity index (χ4v) is 3.00. The molecule has 0 heterocycles. The molecule has 2 N–H and O–H groups in total. The summed E-state index contributed by atoms with van der Waals surface area (Å²) in [6.45, 7) is 3.90. The van der Waals surface area contributed by atoms with Crippen molar-refractivity contribution in [1.29, 1.82) is 0 Å². The van der Waals surface area contributed by atoms with Crippen LogP contribution in [0.4, 0.5) is 0 Å². The topological polar surface area (TPSA) is 81.1 Å². The van der Waals surface area contributed by atoms with E-state index in [-0.39, 0.29) is 12.1 Å². The smallest absolute Gasteiger partial charge is 0.320 e. The van der Waals surface area contributed by atoms with Crippen LogP contribution >= 0.6 is 0 Å². The van der Waals surface area contributed by atoms with Crippen molar-refractivity contribution in [1.82, 2.24) is 9.80 Å². The fourth-order valence-electron chi connectivity index (χ4n) is 3.00. The molecule has 0 fully saturated rings. The summed E-state index contributed by atoms with van der Waals surface area (Å²) in [7, 11) is 7.16. The molecular formula is C23H48N2O4. The molecule has 0 rings (SSSR count). The molecule has 6 nitrogen and oxygen atoms in total. The Balaban J connectivity index is 0. The molecule has 0 radical (unpaired) electrons. The Morgan fingerprint density at radius 3 is 1.28 bits per heavy atom. The molecule has 0 aliphatic heterocycles. The minimum atomic E-state index is -0.782. The molecule has 29 heavy (non-hydrogen) atoms. The van der Waals surface area contributed by atoms with Crippen LogP contribution in [0.5, 0.6) is 0 Å². The Morgan fingerprint density at radius 1 is 0.655 bits per heavy atom. The summed E-state index contributed by atoms with van der Waals surface area (Å²) in [6, 6.07) is -0.692. The number of hydrogen-bond acceptors (Lipinski definition) is 4. The van der Waals surface area contributed by atoms with Gasteiger partial charge in [0.2, 0.25) is 0 Å². The predicted molar refractivity (Wildman–Crippen MR) is 122 cm³/mol. The molecule has 2 unspecified atom stereocenters. The summed E-state index contributed by atoms with van der Waals surface area (Å²) in [4.78, 5) is 24.6. The van der Waals surface area contributed by atoms with Crippen LogP contribution in [-0.2, 0) is 9.59 Å². The van der Waals surface area contributed by atoms with Crippen molar-refractivity contribution in [2.45, 2.75) is 109 Å². The lowest BCUT2D eigenvalue weighted by atomic mass is 10.0. The van der Waals surface area contributed by atoms with E-state index in [4.69, 9.17) is 10.2 Å². The van der Waals surface area contributed by atoms with Crippen molar-refractivity contribution < 1.29 is 19.8 Å². The van der Waals surface area contributed by atoms with Crippen LogP contribution in [0.1, 0.15) is 97.3 Å². The van der Waals surface area contributed by atoms with Gasteiger partial charge in [-0.2, -0.15) is 0 Å². The van der Waals surface area contributed by atoms with E-state index >= 15 is 0 Å². The summed E-state index contributed by atoms with van der Waals surface area (Å²) in [5.41, 5.74) is 0. The molecule has 174 valence electrons. The number of carboxylic acid groups (broad SMARTS) is 2. The van der Waals surface area contributed by atoms with E-state index < -0.39 is 11.9 Å². The zero-order valence-electron chi connectivity index (χ0n) is 20.0. The highest BCUT2D eigenvalue weighted by Gasteiger charge is 2.18. The minimum Gasteiger partial charge on any atom is -0.480 e. The third-order valence-electron chi connectivity index (χ3n) is 5.37. The van der Waals surface area contributed by atoms with Gasteiger partial charge in [0.25, 0.3) is 0 Å². The molecule has 2 atom stereocenters. The Bertz CT molecular complexity index is 400. The van der Waals surface area contributed by atoms with E-state index in [9.17, 15) is 9.59 Å². The zero-order valence-corrected chi connectivity index (χ0v) is 20.0. The van der Waals surface area contributed by atoms with E-state index in [1.165, 1.54) is 70.6 Å². The number of likely N-dealkylation sites (N-methyl/N-ethyl adjacent to an activating group) is 2. The van der Waals surface area contributed by atoms with Crippen LogP contribution < -0.4 is 0 Å². The lowest BCUT2D eigenvalue weighted by Crippen LogP contribution is -2.35. The third-order valence-corrected chi connectivity index (χ3v) is 5.37. The molecule has 0 saturated carbocycles. The molecule has 0 aromatic heterocycles. The van der Waals surface area contributed by atoms with Gasteiger partial charge in [-0.15, -0.1) is 0 Å². The first kappa shape index (κ1) is 30.1. The van der Waals surface area contributed by atoms with Crippen LogP contribution in [0.3, 0.4) is 0 Å². The second kappa shape index (κ2) is 20.1. The average molecular weight is 417 g/mol. The number of aliphatic carboxylic acids is 2. The van der Waals surface area contributed by atoms with Crippen molar-refractivity contribution in [3.63, 3.8) is 0 Å². The molecule has 6 heteroatoms. The quantitative estimate of drug-likeness (QED) is 0.321. The van der Waals surface area contributed by atoms with Gasteiger partial charge in [0.15, 0.2) is 0 Å². The number of carbonyl (C=O) groups is 2. The van der Waals surface area contributed by atoms with Crippen molar-refractivity contribution >= 4 is 11.9 Å². The van der Waals surface area contributed by atoms with E-state index in [2.05, 4.69) is 6.92 Å². The Morgan fingerprint density at radius 2 is 1.03 bits per heavy atom. The van der Waals surface area contributed by atoms with Gasteiger partial charge in [0.1, 0.15) is 12.1 Å². The Labute approximate surface area is 179 Å². The van der Waals surface area contributed by atoms with Gasteiger partial charge in [-0.25, -0.2) is 0 Å². The van der Waals surface area contributed by atoms with E-state index in [1.54, 1.807) is 30.8 Å². The first-order chi connectivity index (χ1) is 13.6. The molecule has 0 aromatic rings. The maximum absolute atomic E-state index is 11.0. The van der Waals surface area contributed by atoms with Crippen LogP contribution in [-0.4, -0.2) is 72.2 Å². The van der Waals surface area contributed by atoms with Gasteiger partial charge in [0.05, 0.1) is 0 Å². The molecule has 0 aromatic carbocycles. The number of unbranched alkanes of at least 4 members (excludes halogenated alkanes) is 11. The molecule has 0 bridgehead atoms. The SMILES string of the molecule is CC(C(=O)O)N(C)C.CCCCCCCCCCCCCCC(C(=O)O)N(C)C. The molecule has 0 aliphatic rings. The van der Waals surface area contributed by atoms with Gasteiger partial charge in [-0.1, -0.05) is 84.0 Å². The number of hydrogen-bond donors (Lipinski definition) is 2. The second-order valence-electron chi connectivity index (χ2n) is 8.47. The highest BCUT2D eigenvalue weighted by Crippen LogP contribution is 2.13. The maximum Gasteiger partial charge on any atom is 0.320 e. The van der Waals surface area contributed by atoms with Crippen molar-refractivity contribution in [3.05, 3.63) is 0 Å². The highest BCUT2D eigenvalue weighted by atomic mass is 16.4. The van der Waals surface area contributed by atoms with E-state index in [1.807, 2.05) is 14.1 Å². The third kappa shape index (κ3) is 19.9. The van der Waals surface area contributed by atoms with Gasteiger partial charge < -0.3 is 10.2 Å². The summed E-state index contributed by atoms with van der Waals surface area (Å²) in [5, 5.41) is 17.4. The summed E-state index contributed by atoms with van der Waals surface area (Å²) in [5.74, 6) is -1.47. The van der Waals surface area contributed by atoms with Gasteiger partial charge in [-0.05, 0) is 41.5 Å². The van der Waals surface area contributed by atoms with Crippen LogP contribution in [0, 0.1) is 0 Å². The summed E-state index contributed by atoms with van der Waals surface area (Å²) < 4.78 is 0. The molecule has 0 spiro atoms. The molecule has 0 aliphatic carbocycles. The van der Waals surface area contributed by atoms with Gasteiger partial charge in [0, 0.05) is 0 Å². The molecular weight excluding hydrogens is 368 g/mol. The largest absolute Gasteiger partial charge is 0.480 e. The van der Waals surface area contributed by atoms with Crippen molar-refractivity contribution in [2.24, 2.45) is 0 Å². The number of carboxylic acids is 2. The lowest BCUT2D eigenvalue weighted by molar-refractivity contribution is -0.143. The van der Waals surface area contributed by atoms with Crippen LogP contribution in [0.2, 0.25) is 0 Å². The van der Waals surface area contributed by atoms with Gasteiger partial charge in [-0.3, -0.25) is 19.4 Å². The van der Waals surface area contributed by atoms with Crippen molar-refractivity contribution in [3.8, 4) is 0 Å². The molecule has 0 saturated heterocycles. The number of rotatable bonds is 17. The summed E-state index contributed by atoms with van der Waals surface area (Å²) in [6.07, 6.45) is 16.6. The maximum atomic E-state index is 11.0. The fraction of sp³-hybridized carbons (Fsp3) is 0.913. The van der Waals surface area contributed by atoms with E-state index in [0.29, 0.717) is 0 Å². The van der Waals surface area contributed by atoms with Crippen LogP contribution in [0.25, 0.3) is 0 Å². The zero-order chi connectivity index (χ0) is 22.7. The van der Waals surface area contributed by atoms with E-state index in [0.717, 1.165) is 12.8 Å². The monoisotopic (exact) mass is 416 g/mol. The van der Waals surface area contributed by atoms with Crippen molar-refractivity contribution in [2.75, 3.05) is 28.2 Å². The first-order valence-corrected chi connectivity index (χ1v) is 11.4. The normalized spacial score (nSPS) is 13.1. The standard InChI is InChI=1S/C18H37NO2.C5H11NO2/c1-4-5-6-7-8-9-10-11-12-13-14-15-16-17(18(20)21)19(2)3;1-4(5(7)8)6(2)3/h17H,4-16H2,1-3H3,(H,20,21);4H,1-3H3,(H,7,8). The molecule has 0 amide bonds. The number of nitrogens with zero attached hydrogens (tertiary/aromatic N) is 2. The van der Waals surface area contributed by atoms with Gasteiger partial charge >= 0.3 is 11.9 Å². The first-order valence-electron chi connectivity index (χ1n) is 11.4. The second-order valence-corrected chi connectivity index (χ2v) is 8.47. The summed E-state index contributed by atoms with van der Waals surface area (Å²) >= 11 is 0. The Hall–Kier alpha value is -1.14.